The number of carbonyl (C=O) groups is 1. The maximum Gasteiger partial charge on any atom is 0.152 e. The molecule has 0 fully saturated rings. The van der Waals surface area contributed by atoms with Crippen LogP contribution in [-0.2, 0) is 0 Å². The van der Waals surface area contributed by atoms with Gasteiger partial charge >= 0.3 is 0 Å². The molecule has 0 heterocycles. The van der Waals surface area contributed by atoms with Crippen molar-refractivity contribution in [3.63, 3.8) is 0 Å². The topological polar surface area (TPSA) is 17.1 Å². The molecule has 0 spiro atoms. The molecule has 1 rings (SSSR count). The molecule has 0 unspecified atom stereocenters. The molecule has 0 aromatic heterocycles. The van der Waals surface area contributed by atoms with Gasteiger partial charge in [0.2, 0.25) is 0 Å². The fraction of sp³-hybridized carbons (Fsp3) is 0.125. The van der Waals surface area contributed by atoms with Crippen molar-refractivity contribution in [2.45, 2.75) is 6.92 Å². The van der Waals surface area contributed by atoms with Crippen LogP contribution in [0.3, 0.4) is 0 Å². The molecule has 1 nitrogen and oxygen atoms in total. The molecule has 1 aromatic rings. The van der Waals surface area contributed by atoms with E-state index in [1.165, 1.54) is 0 Å². The summed E-state index contributed by atoms with van der Waals surface area (Å²) in [6, 6.07) is 3.57. The molecule has 3 heteroatoms. The Bertz CT molecular complexity index is 296. The summed E-state index contributed by atoms with van der Waals surface area (Å²) in [7, 11) is 0. The van der Waals surface area contributed by atoms with Crippen LogP contribution in [-0.4, -0.2) is 6.29 Å². The van der Waals surface area contributed by atoms with Crippen molar-refractivity contribution < 1.29 is 4.79 Å². The summed E-state index contributed by atoms with van der Waals surface area (Å²) >= 11 is 9.02. The second kappa shape index (κ2) is 3.37. The molecule has 0 saturated heterocycles. The molecule has 0 amide bonds. The predicted octanol–water partition coefficient (Wildman–Crippen LogP) is 3.22. The summed E-state index contributed by atoms with van der Waals surface area (Å²) in [5, 5.41) is 0.484. The molecule has 0 aliphatic heterocycles. The van der Waals surface area contributed by atoms with Crippen molar-refractivity contribution >= 4 is 33.8 Å². The zero-order valence-corrected chi connectivity index (χ0v) is 8.24. The molecule has 0 aliphatic rings. The van der Waals surface area contributed by atoms with Gasteiger partial charge in [-0.05, 0) is 34.5 Å². The van der Waals surface area contributed by atoms with Crippen LogP contribution < -0.4 is 0 Å². The standard InChI is InChI=1S/C8H6BrClO/c1-5-2-3-7(10)6(4-11)8(5)9/h2-4H,1H3. The van der Waals surface area contributed by atoms with Crippen LogP contribution in [0.1, 0.15) is 15.9 Å². The van der Waals surface area contributed by atoms with Gasteiger partial charge in [0.15, 0.2) is 6.29 Å². The van der Waals surface area contributed by atoms with Crippen LogP contribution in [0.15, 0.2) is 16.6 Å². The summed E-state index contributed by atoms with van der Waals surface area (Å²) in [5.74, 6) is 0. The van der Waals surface area contributed by atoms with Gasteiger partial charge in [-0.3, -0.25) is 4.79 Å². The summed E-state index contributed by atoms with van der Waals surface area (Å²) in [4.78, 5) is 10.5. The van der Waals surface area contributed by atoms with Gasteiger partial charge in [0, 0.05) is 10.0 Å². The highest BCUT2D eigenvalue weighted by Gasteiger charge is 2.05. The third-order valence-electron chi connectivity index (χ3n) is 1.44. The van der Waals surface area contributed by atoms with E-state index in [4.69, 9.17) is 11.6 Å². The lowest BCUT2D eigenvalue weighted by molar-refractivity contribution is 0.112. The van der Waals surface area contributed by atoms with Crippen LogP contribution in [0.25, 0.3) is 0 Å². The lowest BCUT2D eigenvalue weighted by Gasteiger charge is -2.01. The van der Waals surface area contributed by atoms with Crippen molar-refractivity contribution in [1.29, 1.82) is 0 Å². The highest BCUT2D eigenvalue weighted by molar-refractivity contribution is 9.10. The van der Waals surface area contributed by atoms with Gasteiger partial charge in [0.25, 0.3) is 0 Å². The summed E-state index contributed by atoms with van der Waals surface area (Å²) in [6.07, 6.45) is 0.749. The number of carbonyl (C=O) groups excluding carboxylic acids is 1. The fourth-order valence-electron chi connectivity index (χ4n) is 0.786. The average molecular weight is 233 g/mol. The van der Waals surface area contributed by atoms with Gasteiger partial charge in [-0.2, -0.15) is 0 Å². The molecule has 0 saturated carbocycles. The van der Waals surface area contributed by atoms with Gasteiger partial charge in [0.1, 0.15) is 0 Å². The minimum Gasteiger partial charge on any atom is -0.298 e. The number of halogens is 2. The Morgan fingerprint density at radius 3 is 2.64 bits per heavy atom. The highest BCUT2D eigenvalue weighted by Crippen LogP contribution is 2.26. The third-order valence-corrected chi connectivity index (χ3v) is 2.82. The summed E-state index contributed by atoms with van der Waals surface area (Å²) in [5.41, 5.74) is 1.53. The summed E-state index contributed by atoms with van der Waals surface area (Å²) < 4.78 is 0.778. The predicted molar refractivity (Wildman–Crippen MR) is 49.3 cm³/mol. The minimum absolute atomic E-state index is 0.484. The number of aryl methyl sites for hydroxylation is 1. The van der Waals surface area contributed by atoms with E-state index in [0.29, 0.717) is 10.6 Å². The number of aldehydes is 1. The van der Waals surface area contributed by atoms with E-state index in [1.54, 1.807) is 6.07 Å². The average Bonchev–Trinajstić information content (AvgIpc) is 1.99. The zero-order valence-electron chi connectivity index (χ0n) is 5.90. The molecule has 0 aliphatic carbocycles. The monoisotopic (exact) mass is 232 g/mol. The van der Waals surface area contributed by atoms with E-state index >= 15 is 0 Å². The maximum atomic E-state index is 10.5. The molecule has 0 bridgehead atoms. The van der Waals surface area contributed by atoms with Gasteiger partial charge < -0.3 is 0 Å². The van der Waals surface area contributed by atoms with Crippen LogP contribution in [0.5, 0.6) is 0 Å². The lowest BCUT2D eigenvalue weighted by atomic mass is 10.1. The largest absolute Gasteiger partial charge is 0.298 e. The van der Waals surface area contributed by atoms with Crippen LogP contribution in [0.2, 0.25) is 5.02 Å². The Kier molecular flexibility index (Phi) is 2.68. The Balaban J connectivity index is 3.40. The Morgan fingerprint density at radius 2 is 2.18 bits per heavy atom. The highest BCUT2D eigenvalue weighted by atomic mass is 79.9. The second-order valence-electron chi connectivity index (χ2n) is 2.21. The SMILES string of the molecule is Cc1ccc(Cl)c(C=O)c1Br. The van der Waals surface area contributed by atoms with Crippen molar-refractivity contribution in [3.8, 4) is 0 Å². The molecular formula is C8H6BrClO. The van der Waals surface area contributed by atoms with Crippen molar-refractivity contribution in [2.75, 3.05) is 0 Å². The first-order chi connectivity index (χ1) is 5.16. The van der Waals surface area contributed by atoms with Crippen molar-refractivity contribution in [1.82, 2.24) is 0 Å². The summed E-state index contributed by atoms with van der Waals surface area (Å²) in [6.45, 7) is 1.91. The normalized spacial score (nSPS) is 9.73. The van der Waals surface area contributed by atoms with Gasteiger partial charge in [-0.15, -0.1) is 0 Å². The molecule has 58 valence electrons. The third kappa shape index (κ3) is 1.63. The van der Waals surface area contributed by atoms with Gasteiger partial charge in [0.05, 0.1) is 5.02 Å². The van der Waals surface area contributed by atoms with E-state index in [2.05, 4.69) is 15.9 Å². The van der Waals surface area contributed by atoms with Crippen LogP contribution in [0.4, 0.5) is 0 Å². The quantitative estimate of drug-likeness (QED) is 0.681. The molecule has 0 radical (unpaired) electrons. The van der Waals surface area contributed by atoms with Crippen molar-refractivity contribution in [3.05, 3.63) is 32.8 Å². The van der Waals surface area contributed by atoms with Gasteiger partial charge in [-0.1, -0.05) is 17.7 Å². The number of hydrogen-bond donors (Lipinski definition) is 0. The second-order valence-corrected chi connectivity index (χ2v) is 3.41. The maximum absolute atomic E-state index is 10.5. The Morgan fingerprint density at radius 1 is 1.55 bits per heavy atom. The van der Waals surface area contributed by atoms with E-state index in [1.807, 2.05) is 13.0 Å². The van der Waals surface area contributed by atoms with Crippen molar-refractivity contribution in [2.24, 2.45) is 0 Å². The first kappa shape index (κ1) is 8.75. The van der Waals surface area contributed by atoms with E-state index in [0.717, 1.165) is 16.3 Å². The van der Waals surface area contributed by atoms with Crippen LogP contribution >= 0.6 is 27.5 Å². The van der Waals surface area contributed by atoms with E-state index < -0.39 is 0 Å². The molecular weight excluding hydrogens is 227 g/mol. The Labute approximate surface area is 78.5 Å². The van der Waals surface area contributed by atoms with Gasteiger partial charge in [-0.25, -0.2) is 0 Å². The molecule has 1 aromatic carbocycles. The number of benzene rings is 1. The van der Waals surface area contributed by atoms with E-state index in [9.17, 15) is 4.79 Å². The first-order valence-corrected chi connectivity index (χ1v) is 4.23. The fourth-order valence-corrected chi connectivity index (χ4v) is 1.54. The zero-order chi connectivity index (χ0) is 8.43. The lowest BCUT2D eigenvalue weighted by Crippen LogP contribution is -1.86. The Hall–Kier alpha value is -0.340. The smallest absolute Gasteiger partial charge is 0.152 e. The van der Waals surface area contributed by atoms with E-state index in [-0.39, 0.29) is 0 Å². The minimum atomic E-state index is 0.484. The molecule has 0 atom stereocenters. The number of rotatable bonds is 1. The van der Waals surface area contributed by atoms with Crippen LogP contribution in [0, 0.1) is 6.92 Å². The number of hydrogen-bond acceptors (Lipinski definition) is 1. The molecule has 0 N–H and O–H groups in total. The molecule has 11 heavy (non-hydrogen) atoms. The first-order valence-electron chi connectivity index (χ1n) is 3.06.